The Labute approximate surface area is 118 Å². The molecule has 4 heteroatoms. The van der Waals surface area contributed by atoms with E-state index in [0.717, 1.165) is 30.5 Å². The number of aromatic nitrogens is 1. The van der Waals surface area contributed by atoms with Crippen molar-refractivity contribution < 1.29 is 4.39 Å². The molecule has 2 aromatic rings. The first-order valence-corrected chi connectivity index (χ1v) is 6.95. The number of hydrazine groups is 1. The highest BCUT2D eigenvalue weighted by atomic mass is 19.1. The maximum Gasteiger partial charge on any atom is 0.123 e. The molecule has 3 nitrogen and oxygen atoms in total. The van der Waals surface area contributed by atoms with E-state index in [1.54, 1.807) is 12.1 Å². The Balaban J connectivity index is 1.96. The summed E-state index contributed by atoms with van der Waals surface area (Å²) in [6.45, 7) is 0. The van der Waals surface area contributed by atoms with Gasteiger partial charge in [-0.05, 0) is 48.6 Å². The van der Waals surface area contributed by atoms with Gasteiger partial charge in [0.1, 0.15) is 5.82 Å². The molecule has 0 fully saturated rings. The summed E-state index contributed by atoms with van der Waals surface area (Å²) in [6, 6.07) is 10.6. The summed E-state index contributed by atoms with van der Waals surface area (Å²) in [6.07, 6.45) is 5.06. The van der Waals surface area contributed by atoms with Gasteiger partial charge in [-0.25, -0.2) is 4.39 Å². The highest BCUT2D eigenvalue weighted by Gasteiger charge is 2.29. The normalized spacial score (nSPS) is 19.4. The number of nitrogens with two attached hydrogens (primary N) is 1. The van der Waals surface area contributed by atoms with Gasteiger partial charge in [0.15, 0.2) is 0 Å². The summed E-state index contributed by atoms with van der Waals surface area (Å²) in [4.78, 5) is 4.54. The van der Waals surface area contributed by atoms with Crippen LogP contribution < -0.4 is 11.3 Å². The van der Waals surface area contributed by atoms with Crippen molar-refractivity contribution in [2.75, 3.05) is 0 Å². The van der Waals surface area contributed by atoms with E-state index in [2.05, 4.69) is 16.5 Å². The smallest absolute Gasteiger partial charge is 0.123 e. The monoisotopic (exact) mass is 271 g/mol. The lowest BCUT2D eigenvalue weighted by atomic mass is 9.80. The van der Waals surface area contributed by atoms with Gasteiger partial charge in [0, 0.05) is 17.8 Å². The standard InChI is InChI=1S/C16H18FN3/c17-13-8-6-12(7-9-13)16(20-18)14-5-1-3-11-4-2-10-19-15(11)14/h2,4,6-10,14,16,20H,1,3,5,18H2. The number of nitrogens with one attached hydrogen (secondary N) is 1. The number of benzene rings is 1. The summed E-state index contributed by atoms with van der Waals surface area (Å²) in [7, 11) is 0. The molecule has 1 aliphatic rings. The Kier molecular flexibility index (Phi) is 3.76. The van der Waals surface area contributed by atoms with Crippen molar-refractivity contribution in [3.8, 4) is 0 Å². The minimum Gasteiger partial charge on any atom is -0.271 e. The number of rotatable bonds is 3. The minimum absolute atomic E-state index is 0.0375. The fourth-order valence-corrected chi connectivity index (χ4v) is 3.08. The van der Waals surface area contributed by atoms with E-state index in [0.29, 0.717) is 0 Å². The second-order valence-electron chi connectivity index (χ2n) is 5.24. The molecule has 3 rings (SSSR count). The Bertz CT molecular complexity index is 583. The highest BCUT2D eigenvalue weighted by Crippen LogP contribution is 2.38. The third-order valence-corrected chi connectivity index (χ3v) is 4.05. The third kappa shape index (κ3) is 2.44. The van der Waals surface area contributed by atoms with E-state index in [9.17, 15) is 4.39 Å². The molecule has 1 aliphatic carbocycles. The summed E-state index contributed by atoms with van der Waals surface area (Å²) in [5.41, 5.74) is 6.30. The largest absolute Gasteiger partial charge is 0.271 e. The average Bonchev–Trinajstić information content (AvgIpc) is 2.50. The topological polar surface area (TPSA) is 50.9 Å². The van der Waals surface area contributed by atoms with Gasteiger partial charge in [-0.2, -0.15) is 0 Å². The highest BCUT2D eigenvalue weighted by molar-refractivity contribution is 5.31. The van der Waals surface area contributed by atoms with Crippen LogP contribution in [0.4, 0.5) is 4.39 Å². The van der Waals surface area contributed by atoms with Crippen LogP contribution in [0.1, 0.15) is 41.6 Å². The number of aryl methyl sites for hydroxylation is 1. The molecule has 1 aromatic carbocycles. The summed E-state index contributed by atoms with van der Waals surface area (Å²) >= 11 is 0. The number of fused-ring (bicyclic) bond motifs is 1. The quantitative estimate of drug-likeness (QED) is 0.666. The zero-order valence-corrected chi connectivity index (χ0v) is 11.2. The van der Waals surface area contributed by atoms with Crippen molar-refractivity contribution in [1.29, 1.82) is 0 Å². The summed E-state index contributed by atoms with van der Waals surface area (Å²) in [5, 5.41) is 0. The lowest BCUT2D eigenvalue weighted by Gasteiger charge is -2.31. The molecule has 0 saturated heterocycles. The molecule has 20 heavy (non-hydrogen) atoms. The minimum atomic E-state index is -0.230. The molecule has 0 bridgehead atoms. The van der Waals surface area contributed by atoms with E-state index >= 15 is 0 Å². The third-order valence-electron chi connectivity index (χ3n) is 4.05. The zero-order valence-electron chi connectivity index (χ0n) is 11.2. The fourth-order valence-electron chi connectivity index (χ4n) is 3.08. The van der Waals surface area contributed by atoms with Crippen LogP contribution in [-0.2, 0) is 6.42 Å². The van der Waals surface area contributed by atoms with Crippen molar-refractivity contribution in [3.63, 3.8) is 0 Å². The average molecular weight is 271 g/mol. The van der Waals surface area contributed by atoms with Crippen LogP contribution in [0.25, 0.3) is 0 Å². The van der Waals surface area contributed by atoms with Gasteiger partial charge in [0.25, 0.3) is 0 Å². The SMILES string of the molecule is NNC(c1ccc(F)cc1)C1CCCc2cccnc21. The Hall–Kier alpha value is -1.78. The van der Waals surface area contributed by atoms with Crippen LogP contribution in [-0.4, -0.2) is 4.98 Å². The summed E-state index contributed by atoms with van der Waals surface area (Å²) < 4.78 is 13.1. The number of halogens is 1. The van der Waals surface area contributed by atoms with Gasteiger partial charge in [-0.15, -0.1) is 0 Å². The van der Waals surface area contributed by atoms with Crippen molar-refractivity contribution in [1.82, 2.24) is 10.4 Å². The van der Waals surface area contributed by atoms with Crippen molar-refractivity contribution in [2.45, 2.75) is 31.2 Å². The predicted molar refractivity (Wildman–Crippen MR) is 76.4 cm³/mol. The molecular formula is C16H18FN3. The number of hydrogen-bond acceptors (Lipinski definition) is 3. The van der Waals surface area contributed by atoms with Gasteiger partial charge in [-0.3, -0.25) is 16.3 Å². The molecule has 0 saturated carbocycles. The van der Waals surface area contributed by atoms with Gasteiger partial charge >= 0.3 is 0 Å². The first-order chi connectivity index (χ1) is 9.79. The van der Waals surface area contributed by atoms with E-state index in [-0.39, 0.29) is 17.8 Å². The Morgan fingerprint density at radius 1 is 1.25 bits per heavy atom. The maximum atomic E-state index is 13.1. The van der Waals surface area contributed by atoms with Gasteiger partial charge in [0.2, 0.25) is 0 Å². The number of nitrogens with zero attached hydrogens (tertiary/aromatic N) is 1. The molecular weight excluding hydrogens is 253 g/mol. The molecule has 104 valence electrons. The molecule has 1 aromatic heterocycles. The predicted octanol–water partition coefficient (Wildman–Crippen LogP) is 2.85. The lowest BCUT2D eigenvalue weighted by Crippen LogP contribution is -2.34. The number of hydrogen-bond donors (Lipinski definition) is 2. The van der Waals surface area contributed by atoms with E-state index < -0.39 is 0 Å². The molecule has 0 spiro atoms. The fraction of sp³-hybridized carbons (Fsp3) is 0.312. The van der Waals surface area contributed by atoms with Crippen LogP contribution >= 0.6 is 0 Å². The molecule has 0 aliphatic heterocycles. The first-order valence-electron chi connectivity index (χ1n) is 6.95. The molecule has 3 N–H and O–H groups in total. The zero-order chi connectivity index (χ0) is 13.9. The van der Waals surface area contributed by atoms with E-state index in [4.69, 9.17) is 5.84 Å². The van der Waals surface area contributed by atoms with E-state index in [1.807, 2.05) is 12.3 Å². The molecule has 0 radical (unpaired) electrons. The van der Waals surface area contributed by atoms with Crippen LogP contribution in [0.2, 0.25) is 0 Å². The van der Waals surface area contributed by atoms with Crippen LogP contribution in [0, 0.1) is 5.82 Å². The van der Waals surface area contributed by atoms with Crippen molar-refractivity contribution in [3.05, 3.63) is 65.2 Å². The van der Waals surface area contributed by atoms with E-state index in [1.165, 1.54) is 17.7 Å². The molecule has 2 unspecified atom stereocenters. The second kappa shape index (κ2) is 5.69. The second-order valence-corrected chi connectivity index (χ2v) is 5.24. The molecule has 2 atom stereocenters. The lowest BCUT2D eigenvalue weighted by molar-refractivity contribution is 0.399. The van der Waals surface area contributed by atoms with Crippen molar-refractivity contribution >= 4 is 0 Å². The van der Waals surface area contributed by atoms with Crippen molar-refractivity contribution in [2.24, 2.45) is 5.84 Å². The van der Waals surface area contributed by atoms with Gasteiger partial charge in [0.05, 0.1) is 6.04 Å². The maximum absolute atomic E-state index is 13.1. The van der Waals surface area contributed by atoms with Crippen LogP contribution in [0.5, 0.6) is 0 Å². The molecule has 1 heterocycles. The van der Waals surface area contributed by atoms with Crippen LogP contribution in [0.15, 0.2) is 42.6 Å². The van der Waals surface area contributed by atoms with Crippen LogP contribution in [0.3, 0.4) is 0 Å². The Morgan fingerprint density at radius 2 is 2.05 bits per heavy atom. The van der Waals surface area contributed by atoms with Gasteiger partial charge in [-0.1, -0.05) is 18.2 Å². The van der Waals surface area contributed by atoms with Gasteiger partial charge < -0.3 is 0 Å². The number of pyridine rings is 1. The molecule has 0 amide bonds. The summed E-state index contributed by atoms with van der Waals surface area (Å²) in [5.74, 6) is 5.76. The first kappa shape index (κ1) is 13.2. The Morgan fingerprint density at radius 3 is 2.80 bits per heavy atom.